The van der Waals surface area contributed by atoms with Crippen molar-refractivity contribution in [3.63, 3.8) is 0 Å². The highest BCUT2D eigenvalue weighted by Crippen LogP contribution is 2.27. The van der Waals surface area contributed by atoms with Crippen molar-refractivity contribution in [2.45, 2.75) is 12.8 Å². The highest BCUT2D eigenvalue weighted by molar-refractivity contribution is 7.99. The van der Waals surface area contributed by atoms with Gasteiger partial charge in [-0.2, -0.15) is 11.8 Å². The second kappa shape index (κ2) is 4.30. The molecule has 10 heavy (non-hydrogen) atoms. The van der Waals surface area contributed by atoms with Crippen molar-refractivity contribution < 1.29 is 0 Å². The Morgan fingerprint density at radius 3 is 3.00 bits per heavy atom. The molecule has 1 aliphatic heterocycles. The van der Waals surface area contributed by atoms with Gasteiger partial charge >= 0.3 is 0 Å². The maximum Gasteiger partial charge on any atom is 0.0433 e. The lowest BCUT2D eigenvalue weighted by atomic mass is 9.98. The molecule has 0 spiro atoms. The molecule has 1 fully saturated rings. The Balaban J connectivity index is 2.31. The summed E-state index contributed by atoms with van der Waals surface area (Å²) in [5.41, 5.74) is 1.23. The van der Waals surface area contributed by atoms with Gasteiger partial charge in [0.15, 0.2) is 0 Å². The molecule has 0 aromatic carbocycles. The van der Waals surface area contributed by atoms with E-state index < -0.39 is 0 Å². The Hall–Kier alpha value is 0.380. The molecule has 0 aromatic heterocycles. The first kappa shape index (κ1) is 8.48. The molecule has 0 N–H and O–H groups in total. The molecule has 0 amide bonds. The van der Waals surface area contributed by atoms with Gasteiger partial charge in [0.2, 0.25) is 0 Å². The van der Waals surface area contributed by atoms with Crippen LogP contribution in [0.2, 0.25) is 0 Å². The molecule has 1 unspecified atom stereocenters. The van der Waals surface area contributed by atoms with E-state index in [2.05, 4.69) is 6.58 Å². The van der Waals surface area contributed by atoms with Crippen LogP contribution in [0, 0.1) is 5.92 Å². The van der Waals surface area contributed by atoms with Gasteiger partial charge in [-0.05, 0) is 30.3 Å². The molecule has 58 valence electrons. The number of halogens is 1. The summed E-state index contributed by atoms with van der Waals surface area (Å²) < 4.78 is 0. The average molecular weight is 177 g/mol. The molecule has 0 radical (unpaired) electrons. The standard InChI is InChI=1S/C8H13ClS/c1-7(5-9)8-3-2-4-10-6-8/h8H,1-6H2. The third kappa shape index (κ3) is 2.21. The number of hydrogen-bond donors (Lipinski definition) is 0. The van der Waals surface area contributed by atoms with Gasteiger partial charge < -0.3 is 0 Å². The van der Waals surface area contributed by atoms with E-state index in [1.54, 1.807) is 0 Å². The molecule has 0 nitrogen and oxygen atoms in total. The highest BCUT2D eigenvalue weighted by atomic mass is 35.5. The lowest BCUT2D eigenvalue weighted by Gasteiger charge is -2.21. The topological polar surface area (TPSA) is 0 Å². The summed E-state index contributed by atoms with van der Waals surface area (Å²) in [6.45, 7) is 3.95. The Morgan fingerprint density at radius 1 is 1.70 bits per heavy atom. The molecule has 1 rings (SSSR count). The molecule has 1 saturated heterocycles. The maximum atomic E-state index is 5.68. The van der Waals surface area contributed by atoms with Crippen molar-refractivity contribution in [1.29, 1.82) is 0 Å². The molecule has 1 atom stereocenters. The third-order valence-electron chi connectivity index (χ3n) is 1.91. The van der Waals surface area contributed by atoms with Crippen LogP contribution in [-0.4, -0.2) is 17.4 Å². The quantitative estimate of drug-likeness (QED) is 0.461. The summed E-state index contributed by atoms with van der Waals surface area (Å²) in [4.78, 5) is 0. The van der Waals surface area contributed by atoms with Crippen molar-refractivity contribution >= 4 is 23.4 Å². The zero-order valence-corrected chi connectivity index (χ0v) is 7.68. The van der Waals surface area contributed by atoms with E-state index in [9.17, 15) is 0 Å². The molecular formula is C8H13ClS. The van der Waals surface area contributed by atoms with Gasteiger partial charge in [0.05, 0.1) is 0 Å². The largest absolute Gasteiger partial charge is 0.161 e. The maximum absolute atomic E-state index is 5.68. The molecule has 0 bridgehead atoms. The second-order valence-electron chi connectivity index (χ2n) is 2.71. The summed E-state index contributed by atoms with van der Waals surface area (Å²) in [6, 6.07) is 0. The molecule has 0 saturated carbocycles. The van der Waals surface area contributed by atoms with E-state index in [4.69, 9.17) is 11.6 Å². The van der Waals surface area contributed by atoms with Gasteiger partial charge in [-0.1, -0.05) is 12.2 Å². The summed E-state index contributed by atoms with van der Waals surface area (Å²) >= 11 is 7.70. The fraction of sp³-hybridized carbons (Fsp3) is 0.750. The first-order valence-electron chi connectivity index (χ1n) is 3.66. The SMILES string of the molecule is C=C(CCl)C1CCCSC1. The molecule has 2 heteroatoms. The molecular weight excluding hydrogens is 164 g/mol. The van der Waals surface area contributed by atoms with E-state index >= 15 is 0 Å². The van der Waals surface area contributed by atoms with E-state index in [1.807, 2.05) is 11.8 Å². The van der Waals surface area contributed by atoms with Crippen molar-refractivity contribution in [2.24, 2.45) is 5.92 Å². The average Bonchev–Trinajstić information content (AvgIpc) is 2.05. The number of allylic oxidation sites excluding steroid dienone is 1. The predicted octanol–water partition coefficient (Wildman–Crippen LogP) is 2.92. The van der Waals surface area contributed by atoms with E-state index in [-0.39, 0.29) is 0 Å². The fourth-order valence-corrected chi connectivity index (χ4v) is 2.61. The Kier molecular flexibility index (Phi) is 3.64. The summed E-state index contributed by atoms with van der Waals surface area (Å²) in [5.74, 6) is 3.92. The summed E-state index contributed by atoms with van der Waals surface area (Å²) in [5, 5.41) is 0. The van der Waals surface area contributed by atoms with Gasteiger partial charge in [0.1, 0.15) is 0 Å². The minimum absolute atomic E-state index is 0.644. The van der Waals surface area contributed by atoms with Crippen molar-refractivity contribution in [3.8, 4) is 0 Å². The van der Waals surface area contributed by atoms with Crippen molar-refractivity contribution in [3.05, 3.63) is 12.2 Å². The predicted molar refractivity (Wildman–Crippen MR) is 49.9 cm³/mol. The molecule has 0 aromatic rings. The van der Waals surface area contributed by atoms with Gasteiger partial charge in [-0.25, -0.2) is 0 Å². The van der Waals surface area contributed by atoms with Gasteiger partial charge in [0.25, 0.3) is 0 Å². The molecule has 0 aliphatic carbocycles. The van der Waals surface area contributed by atoms with Crippen LogP contribution < -0.4 is 0 Å². The lowest BCUT2D eigenvalue weighted by molar-refractivity contribution is 0.601. The van der Waals surface area contributed by atoms with Crippen molar-refractivity contribution in [2.75, 3.05) is 17.4 Å². The minimum Gasteiger partial charge on any atom is -0.161 e. The summed E-state index contributed by atoms with van der Waals surface area (Å²) in [7, 11) is 0. The minimum atomic E-state index is 0.644. The zero-order valence-electron chi connectivity index (χ0n) is 6.11. The second-order valence-corrected chi connectivity index (χ2v) is 4.12. The molecule has 1 aliphatic rings. The zero-order chi connectivity index (χ0) is 7.40. The van der Waals surface area contributed by atoms with Crippen LogP contribution in [0.25, 0.3) is 0 Å². The Labute approximate surface area is 72.0 Å². The normalized spacial score (nSPS) is 26.3. The van der Waals surface area contributed by atoms with Crippen LogP contribution in [0.4, 0.5) is 0 Å². The smallest absolute Gasteiger partial charge is 0.0433 e. The number of rotatable bonds is 2. The van der Waals surface area contributed by atoms with E-state index in [1.165, 1.54) is 29.9 Å². The van der Waals surface area contributed by atoms with Crippen LogP contribution in [-0.2, 0) is 0 Å². The van der Waals surface area contributed by atoms with Crippen LogP contribution in [0.3, 0.4) is 0 Å². The van der Waals surface area contributed by atoms with Crippen molar-refractivity contribution in [1.82, 2.24) is 0 Å². The summed E-state index contributed by atoms with van der Waals surface area (Å²) in [6.07, 6.45) is 2.64. The van der Waals surface area contributed by atoms with E-state index in [0.29, 0.717) is 11.8 Å². The number of alkyl halides is 1. The van der Waals surface area contributed by atoms with Crippen LogP contribution >= 0.6 is 23.4 Å². The van der Waals surface area contributed by atoms with Gasteiger partial charge in [-0.15, -0.1) is 11.6 Å². The number of hydrogen-bond acceptors (Lipinski definition) is 1. The monoisotopic (exact) mass is 176 g/mol. The Bertz CT molecular complexity index is 116. The van der Waals surface area contributed by atoms with Crippen LogP contribution in [0.5, 0.6) is 0 Å². The first-order valence-corrected chi connectivity index (χ1v) is 5.35. The van der Waals surface area contributed by atoms with E-state index in [0.717, 1.165) is 0 Å². The van der Waals surface area contributed by atoms with Crippen LogP contribution in [0.1, 0.15) is 12.8 Å². The number of thioether (sulfide) groups is 1. The molecule has 1 heterocycles. The first-order chi connectivity index (χ1) is 4.84. The fourth-order valence-electron chi connectivity index (χ4n) is 1.17. The van der Waals surface area contributed by atoms with Gasteiger partial charge in [-0.3, -0.25) is 0 Å². The highest BCUT2D eigenvalue weighted by Gasteiger charge is 2.15. The Morgan fingerprint density at radius 2 is 2.50 bits per heavy atom. The van der Waals surface area contributed by atoms with Gasteiger partial charge in [0, 0.05) is 5.88 Å². The third-order valence-corrected chi connectivity index (χ3v) is 3.47. The lowest BCUT2D eigenvalue weighted by Crippen LogP contribution is -2.13. The van der Waals surface area contributed by atoms with Crippen LogP contribution in [0.15, 0.2) is 12.2 Å².